The Hall–Kier alpha value is -0.400. The van der Waals surface area contributed by atoms with E-state index in [2.05, 4.69) is 108 Å². The number of aryl methyl sites for hydroxylation is 2. The lowest BCUT2D eigenvalue weighted by atomic mass is 10.1. The van der Waals surface area contributed by atoms with Crippen molar-refractivity contribution in [2.24, 2.45) is 0 Å². The third kappa shape index (κ3) is 3.35. The van der Waals surface area contributed by atoms with E-state index in [1.54, 1.807) is 0 Å². The summed E-state index contributed by atoms with van der Waals surface area (Å²) in [4.78, 5) is 2.69. The fourth-order valence-corrected chi connectivity index (χ4v) is 4.92. The Morgan fingerprint density at radius 2 is 1.10 bits per heavy atom. The minimum atomic E-state index is 1.29. The van der Waals surface area contributed by atoms with Crippen molar-refractivity contribution in [1.29, 1.82) is 0 Å². The summed E-state index contributed by atoms with van der Waals surface area (Å²) >= 11 is 6.61. The molecular formula is C18H14I2S. The number of benzene rings is 2. The molecule has 0 fully saturated rings. The minimum Gasteiger partial charge on any atom is -0.135 e. The predicted octanol–water partition coefficient (Wildman–Crippen LogP) is 6.91. The van der Waals surface area contributed by atoms with Crippen molar-refractivity contribution in [2.45, 2.75) is 13.8 Å². The molecule has 0 atom stereocenters. The van der Waals surface area contributed by atoms with E-state index in [-0.39, 0.29) is 0 Å². The predicted molar refractivity (Wildman–Crippen MR) is 110 cm³/mol. The molecule has 1 aromatic heterocycles. The molecular weight excluding hydrogens is 502 g/mol. The quantitative estimate of drug-likeness (QED) is 0.325. The molecule has 0 saturated carbocycles. The average molecular weight is 516 g/mol. The SMILES string of the molecule is Cc1cc(I)ccc1-c1ccc(-c2ccc(I)cc2C)s1. The van der Waals surface area contributed by atoms with Gasteiger partial charge in [-0.2, -0.15) is 0 Å². The average Bonchev–Trinajstić information content (AvgIpc) is 2.87. The molecule has 0 saturated heterocycles. The van der Waals surface area contributed by atoms with Crippen molar-refractivity contribution in [3.8, 4) is 20.9 Å². The van der Waals surface area contributed by atoms with Gasteiger partial charge < -0.3 is 0 Å². The summed E-state index contributed by atoms with van der Waals surface area (Å²) in [6.07, 6.45) is 0. The van der Waals surface area contributed by atoms with Gasteiger partial charge >= 0.3 is 0 Å². The Labute approximate surface area is 156 Å². The Balaban J connectivity index is 2.03. The van der Waals surface area contributed by atoms with Crippen molar-refractivity contribution in [1.82, 2.24) is 0 Å². The number of halogens is 2. The second-order valence-electron chi connectivity index (χ2n) is 5.08. The largest absolute Gasteiger partial charge is 0.135 e. The highest BCUT2D eigenvalue weighted by Crippen LogP contribution is 2.37. The van der Waals surface area contributed by atoms with E-state index in [0.29, 0.717) is 0 Å². The van der Waals surface area contributed by atoms with E-state index in [1.165, 1.54) is 39.1 Å². The molecule has 0 aliphatic heterocycles. The first-order valence-corrected chi connectivity index (χ1v) is 9.65. The molecule has 0 amide bonds. The topological polar surface area (TPSA) is 0 Å². The molecule has 1 heterocycles. The van der Waals surface area contributed by atoms with Crippen molar-refractivity contribution < 1.29 is 0 Å². The minimum absolute atomic E-state index is 1.29. The van der Waals surface area contributed by atoms with Crippen LogP contribution in [-0.2, 0) is 0 Å². The second kappa shape index (κ2) is 6.38. The first-order valence-electron chi connectivity index (χ1n) is 6.67. The summed E-state index contributed by atoms with van der Waals surface area (Å²) in [7, 11) is 0. The van der Waals surface area contributed by atoms with E-state index >= 15 is 0 Å². The Bertz CT molecular complexity index is 737. The van der Waals surface area contributed by atoms with Crippen molar-refractivity contribution >= 4 is 56.5 Å². The molecule has 0 nitrogen and oxygen atoms in total. The zero-order valence-corrected chi connectivity index (χ0v) is 16.9. The van der Waals surface area contributed by atoms with Gasteiger partial charge in [-0.25, -0.2) is 0 Å². The Morgan fingerprint density at radius 3 is 1.48 bits per heavy atom. The fourth-order valence-electron chi connectivity index (χ4n) is 2.43. The highest BCUT2D eigenvalue weighted by molar-refractivity contribution is 14.1. The first-order chi connectivity index (χ1) is 10.0. The number of hydrogen-bond donors (Lipinski definition) is 0. The summed E-state index contributed by atoms with van der Waals surface area (Å²) in [5.74, 6) is 0. The summed E-state index contributed by atoms with van der Waals surface area (Å²) in [6.45, 7) is 4.38. The van der Waals surface area contributed by atoms with Crippen LogP contribution in [0.25, 0.3) is 20.9 Å². The molecule has 0 aliphatic rings. The van der Waals surface area contributed by atoms with Crippen LogP contribution in [0.5, 0.6) is 0 Å². The third-order valence-corrected chi connectivity index (χ3v) is 6.01. The van der Waals surface area contributed by atoms with Crippen LogP contribution in [0.3, 0.4) is 0 Å². The van der Waals surface area contributed by atoms with Crippen LogP contribution in [0.4, 0.5) is 0 Å². The smallest absolute Gasteiger partial charge is 0.0352 e. The lowest BCUT2D eigenvalue weighted by Crippen LogP contribution is -1.81. The lowest BCUT2D eigenvalue weighted by Gasteiger charge is -2.05. The molecule has 3 heteroatoms. The maximum Gasteiger partial charge on any atom is 0.0352 e. The van der Waals surface area contributed by atoms with Crippen molar-refractivity contribution in [2.75, 3.05) is 0 Å². The normalized spacial score (nSPS) is 10.9. The van der Waals surface area contributed by atoms with E-state index in [1.807, 2.05) is 11.3 Å². The summed E-state index contributed by atoms with van der Waals surface area (Å²) in [5.41, 5.74) is 5.37. The Kier molecular flexibility index (Phi) is 4.71. The maximum atomic E-state index is 2.37. The van der Waals surface area contributed by atoms with Crippen LogP contribution in [-0.4, -0.2) is 0 Å². The van der Waals surface area contributed by atoms with Crippen LogP contribution in [0, 0.1) is 21.0 Å². The molecule has 0 bridgehead atoms. The van der Waals surface area contributed by atoms with Gasteiger partial charge in [-0.3, -0.25) is 0 Å². The molecule has 3 rings (SSSR count). The van der Waals surface area contributed by atoms with Crippen LogP contribution >= 0.6 is 56.5 Å². The molecule has 106 valence electrons. The van der Waals surface area contributed by atoms with E-state index < -0.39 is 0 Å². The van der Waals surface area contributed by atoms with Crippen molar-refractivity contribution in [3.63, 3.8) is 0 Å². The monoisotopic (exact) mass is 516 g/mol. The number of hydrogen-bond acceptors (Lipinski definition) is 1. The van der Waals surface area contributed by atoms with Gasteiger partial charge in [0.1, 0.15) is 0 Å². The number of thiophene rings is 1. The lowest BCUT2D eigenvalue weighted by molar-refractivity contribution is 1.45. The van der Waals surface area contributed by atoms with Gasteiger partial charge in [0.25, 0.3) is 0 Å². The molecule has 2 aromatic carbocycles. The summed E-state index contributed by atoms with van der Waals surface area (Å²) in [5, 5.41) is 0. The van der Waals surface area contributed by atoms with Gasteiger partial charge in [-0.05, 0) is 118 Å². The van der Waals surface area contributed by atoms with Gasteiger partial charge in [-0.15, -0.1) is 11.3 Å². The van der Waals surface area contributed by atoms with Crippen LogP contribution in [0.2, 0.25) is 0 Å². The summed E-state index contributed by atoms with van der Waals surface area (Å²) in [6, 6.07) is 17.8. The zero-order chi connectivity index (χ0) is 15.0. The van der Waals surface area contributed by atoms with Crippen molar-refractivity contribution in [3.05, 3.63) is 66.8 Å². The summed E-state index contributed by atoms with van der Waals surface area (Å²) < 4.78 is 2.58. The first kappa shape index (κ1) is 15.5. The van der Waals surface area contributed by atoms with Gasteiger partial charge in [0, 0.05) is 16.9 Å². The van der Waals surface area contributed by atoms with Crippen LogP contribution in [0.15, 0.2) is 48.5 Å². The molecule has 0 spiro atoms. The van der Waals surface area contributed by atoms with Gasteiger partial charge in [0.15, 0.2) is 0 Å². The third-order valence-electron chi connectivity index (χ3n) is 3.51. The zero-order valence-electron chi connectivity index (χ0n) is 11.8. The van der Waals surface area contributed by atoms with Gasteiger partial charge in [0.2, 0.25) is 0 Å². The van der Waals surface area contributed by atoms with E-state index in [4.69, 9.17) is 0 Å². The van der Waals surface area contributed by atoms with Crippen LogP contribution < -0.4 is 0 Å². The molecule has 0 N–H and O–H groups in total. The molecule has 0 radical (unpaired) electrons. The number of rotatable bonds is 2. The molecule has 21 heavy (non-hydrogen) atoms. The highest BCUT2D eigenvalue weighted by Gasteiger charge is 2.09. The van der Waals surface area contributed by atoms with Crippen LogP contribution in [0.1, 0.15) is 11.1 Å². The molecule has 0 aliphatic carbocycles. The highest BCUT2D eigenvalue weighted by atomic mass is 127. The molecule has 3 aromatic rings. The van der Waals surface area contributed by atoms with Gasteiger partial charge in [0.05, 0.1) is 0 Å². The fraction of sp³-hybridized carbons (Fsp3) is 0.111. The van der Waals surface area contributed by atoms with Gasteiger partial charge in [-0.1, -0.05) is 12.1 Å². The maximum absolute atomic E-state index is 2.37. The van der Waals surface area contributed by atoms with E-state index in [9.17, 15) is 0 Å². The molecule has 0 unspecified atom stereocenters. The standard InChI is InChI=1S/C18H14I2S/c1-11-9-13(19)3-5-15(11)17-7-8-18(21-17)16-6-4-14(20)10-12(16)2/h3-10H,1-2H3. The van der Waals surface area contributed by atoms with E-state index in [0.717, 1.165) is 0 Å². The Morgan fingerprint density at radius 1 is 0.667 bits per heavy atom. The second-order valence-corrected chi connectivity index (χ2v) is 8.66.